The zero-order valence-corrected chi connectivity index (χ0v) is 23.1. The Hall–Kier alpha value is -4.09. The molecule has 2 amide bonds. The van der Waals surface area contributed by atoms with Gasteiger partial charge in [-0.05, 0) is 80.8 Å². The van der Waals surface area contributed by atoms with E-state index in [9.17, 15) is 9.59 Å². The highest BCUT2D eigenvalue weighted by Crippen LogP contribution is 2.31. The van der Waals surface area contributed by atoms with Crippen LogP contribution in [0.4, 0.5) is 10.7 Å². The van der Waals surface area contributed by atoms with Gasteiger partial charge in [0.15, 0.2) is 0 Å². The molecule has 5 heterocycles. The van der Waals surface area contributed by atoms with Crippen LogP contribution in [0.25, 0.3) is 28.2 Å². The molecule has 0 bridgehead atoms. The number of para-hydroxylation sites is 1. The van der Waals surface area contributed by atoms with Crippen LogP contribution in [0.3, 0.4) is 0 Å². The van der Waals surface area contributed by atoms with Gasteiger partial charge in [-0.1, -0.05) is 23.4 Å². The van der Waals surface area contributed by atoms with Crippen molar-refractivity contribution in [1.29, 1.82) is 0 Å². The molecule has 11 heteroatoms. The number of amides is 2. The van der Waals surface area contributed by atoms with E-state index in [0.29, 0.717) is 29.0 Å². The molecule has 0 spiro atoms. The van der Waals surface area contributed by atoms with Crippen molar-refractivity contribution in [1.82, 2.24) is 30.7 Å². The summed E-state index contributed by atoms with van der Waals surface area (Å²) in [5.41, 5.74) is 5.42. The first-order valence-corrected chi connectivity index (χ1v) is 14.1. The number of pyridine rings is 1. The number of fused-ring (bicyclic) bond motifs is 1. The van der Waals surface area contributed by atoms with Gasteiger partial charge < -0.3 is 14.7 Å². The van der Waals surface area contributed by atoms with Gasteiger partial charge in [0.25, 0.3) is 11.1 Å². The fourth-order valence-electron chi connectivity index (χ4n) is 5.23. The SMILES string of the molecule is Cc1noc(C)c1-c1nc2ccccc2cc1CNCC1CCN(c2nccc(/C=C3\SC(=O)NC3=O)n2)CC1. The molecule has 2 aliphatic rings. The molecule has 40 heavy (non-hydrogen) atoms. The molecule has 4 aromatic rings. The van der Waals surface area contributed by atoms with Gasteiger partial charge in [0.2, 0.25) is 5.95 Å². The normalized spacial score (nSPS) is 17.2. The third kappa shape index (κ3) is 5.47. The highest BCUT2D eigenvalue weighted by molar-refractivity contribution is 8.18. The second kappa shape index (κ2) is 11.2. The summed E-state index contributed by atoms with van der Waals surface area (Å²) in [6, 6.07) is 12.1. The molecule has 2 N–H and O–H groups in total. The lowest BCUT2D eigenvalue weighted by atomic mass is 9.96. The third-order valence-corrected chi connectivity index (χ3v) is 8.11. The zero-order valence-electron chi connectivity index (χ0n) is 22.3. The minimum atomic E-state index is -0.387. The number of hydrogen-bond acceptors (Lipinski definition) is 10. The van der Waals surface area contributed by atoms with Gasteiger partial charge in [-0.3, -0.25) is 14.9 Å². The van der Waals surface area contributed by atoms with Crippen molar-refractivity contribution in [2.24, 2.45) is 5.92 Å². The van der Waals surface area contributed by atoms with E-state index in [2.05, 4.69) is 42.8 Å². The van der Waals surface area contributed by atoms with E-state index in [4.69, 9.17) is 9.51 Å². The molecular weight excluding hydrogens is 526 g/mol. The Kier molecular flexibility index (Phi) is 7.31. The Balaban J connectivity index is 1.09. The summed E-state index contributed by atoms with van der Waals surface area (Å²) in [5, 5.41) is 10.8. The zero-order chi connectivity index (χ0) is 27.6. The average molecular weight is 556 g/mol. The molecule has 2 aliphatic heterocycles. The van der Waals surface area contributed by atoms with Gasteiger partial charge in [0.1, 0.15) is 5.76 Å². The Morgan fingerprint density at radius 3 is 2.73 bits per heavy atom. The van der Waals surface area contributed by atoms with E-state index in [-0.39, 0.29) is 11.1 Å². The number of carbonyl (C=O) groups is 2. The number of aromatic nitrogens is 4. The Morgan fingerprint density at radius 1 is 1.15 bits per heavy atom. The first-order chi connectivity index (χ1) is 19.4. The van der Waals surface area contributed by atoms with Crippen LogP contribution in [-0.2, 0) is 11.3 Å². The van der Waals surface area contributed by atoms with E-state index < -0.39 is 0 Å². The average Bonchev–Trinajstić information content (AvgIpc) is 3.46. The highest BCUT2D eigenvalue weighted by atomic mass is 32.2. The number of imide groups is 1. The summed E-state index contributed by atoms with van der Waals surface area (Å²) in [7, 11) is 0. The maximum Gasteiger partial charge on any atom is 0.290 e. The van der Waals surface area contributed by atoms with E-state index >= 15 is 0 Å². The summed E-state index contributed by atoms with van der Waals surface area (Å²) in [6.07, 6.45) is 5.35. The number of anilines is 1. The van der Waals surface area contributed by atoms with Gasteiger partial charge in [-0.15, -0.1) is 0 Å². The Bertz CT molecular complexity index is 1610. The fourth-order valence-corrected chi connectivity index (χ4v) is 5.90. The minimum absolute atomic E-state index is 0.346. The summed E-state index contributed by atoms with van der Waals surface area (Å²) in [5.74, 6) is 1.56. The maximum atomic E-state index is 11.9. The van der Waals surface area contributed by atoms with Crippen molar-refractivity contribution < 1.29 is 14.1 Å². The van der Waals surface area contributed by atoms with Crippen LogP contribution in [0.2, 0.25) is 0 Å². The molecule has 2 saturated heterocycles. The Morgan fingerprint density at radius 2 is 1.98 bits per heavy atom. The molecule has 3 aromatic heterocycles. The fraction of sp³-hybridized carbons (Fsp3) is 0.310. The van der Waals surface area contributed by atoms with Crippen LogP contribution in [0.15, 0.2) is 52.0 Å². The number of benzene rings is 1. The lowest BCUT2D eigenvalue weighted by Crippen LogP contribution is -2.38. The van der Waals surface area contributed by atoms with Crippen molar-refractivity contribution in [3.05, 3.63) is 70.2 Å². The van der Waals surface area contributed by atoms with Gasteiger partial charge in [0.05, 0.1) is 33.1 Å². The van der Waals surface area contributed by atoms with Crippen molar-refractivity contribution in [2.75, 3.05) is 24.5 Å². The quantitative estimate of drug-likeness (QED) is 0.312. The maximum absolute atomic E-state index is 11.9. The number of piperidine rings is 1. The van der Waals surface area contributed by atoms with Crippen molar-refractivity contribution in [3.63, 3.8) is 0 Å². The van der Waals surface area contributed by atoms with Crippen molar-refractivity contribution >= 4 is 45.8 Å². The predicted octanol–water partition coefficient (Wildman–Crippen LogP) is 4.63. The number of nitrogens with zero attached hydrogens (tertiary/aromatic N) is 5. The van der Waals surface area contributed by atoms with E-state index in [1.165, 1.54) is 0 Å². The molecule has 0 radical (unpaired) electrons. The lowest BCUT2D eigenvalue weighted by Gasteiger charge is -2.32. The van der Waals surface area contributed by atoms with E-state index in [1.54, 1.807) is 18.3 Å². The first-order valence-electron chi connectivity index (χ1n) is 13.3. The van der Waals surface area contributed by atoms with Gasteiger partial charge in [-0.25, -0.2) is 15.0 Å². The monoisotopic (exact) mass is 555 g/mol. The number of rotatable bonds is 7. The first kappa shape index (κ1) is 26.1. The molecule has 0 saturated carbocycles. The molecule has 6 rings (SSSR count). The molecule has 0 atom stereocenters. The van der Waals surface area contributed by atoms with Crippen molar-refractivity contribution in [3.8, 4) is 11.3 Å². The van der Waals surface area contributed by atoms with Gasteiger partial charge >= 0.3 is 0 Å². The van der Waals surface area contributed by atoms with Crippen LogP contribution >= 0.6 is 11.8 Å². The second-order valence-corrected chi connectivity index (χ2v) is 11.1. The third-order valence-electron chi connectivity index (χ3n) is 7.30. The topological polar surface area (TPSA) is 126 Å². The Labute approximate surface area is 235 Å². The number of hydrogen-bond donors (Lipinski definition) is 2. The predicted molar refractivity (Wildman–Crippen MR) is 154 cm³/mol. The van der Waals surface area contributed by atoms with Gasteiger partial charge in [-0.2, -0.15) is 0 Å². The standard InChI is InChI=1S/C29H29N7O3S/c1-17-25(18(2)39-35-17)26-21(13-20-5-3-4-6-23(20)33-26)16-30-15-19-8-11-36(12-9-19)28-31-10-7-22(32-28)14-24-27(37)34-29(38)40-24/h3-7,10,13-14,19,30H,8-9,11-12,15-16H2,1-2H3,(H,34,37,38)/b24-14-. The van der Waals surface area contributed by atoms with Crippen LogP contribution in [0.1, 0.15) is 35.6 Å². The van der Waals surface area contributed by atoms with Crippen LogP contribution in [0.5, 0.6) is 0 Å². The summed E-state index contributed by atoms with van der Waals surface area (Å²) >= 11 is 0.887. The second-order valence-electron chi connectivity index (χ2n) is 10.1. The van der Waals surface area contributed by atoms with Crippen LogP contribution in [0, 0.1) is 19.8 Å². The molecule has 0 unspecified atom stereocenters. The van der Waals surface area contributed by atoms with E-state index in [0.717, 1.165) is 83.4 Å². The van der Waals surface area contributed by atoms with Gasteiger partial charge in [0, 0.05) is 31.2 Å². The van der Waals surface area contributed by atoms with Crippen molar-refractivity contribution in [2.45, 2.75) is 33.2 Å². The lowest BCUT2D eigenvalue weighted by molar-refractivity contribution is -0.115. The number of nitrogens with one attached hydrogen (secondary N) is 2. The molecule has 2 fully saturated rings. The van der Waals surface area contributed by atoms with Crippen LogP contribution < -0.4 is 15.5 Å². The smallest absolute Gasteiger partial charge is 0.290 e. The number of carbonyl (C=O) groups excluding carboxylic acids is 2. The molecule has 1 aromatic carbocycles. The highest BCUT2D eigenvalue weighted by Gasteiger charge is 2.26. The van der Waals surface area contributed by atoms with Crippen LogP contribution in [-0.4, -0.2) is 50.9 Å². The summed E-state index contributed by atoms with van der Waals surface area (Å²) in [6.45, 7) is 7.18. The summed E-state index contributed by atoms with van der Waals surface area (Å²) < 4.78 is 5.45. The molecule has 204 valence electrons. The summed E-state index contributed by atoms with van der Waals surface area (Å²) in [4.78, 5) is 39.9. The number of aryl methyl sites for hydroxylation is 2. The van der Waals surface area contributed by atoms with E-state index in [1.807, 2.05) is 32.0 Å². The largest absolute Gasteiger partial charge is 0.361 e. The molecule has 0 aliphatic carbocycles. The minimum Gasteiger partial charge on any atom is -0.361 e. The molecule has 10 nitrogen and oxygen atoms in total. The molecular formula is C29H29N7O3S. The number of thioether (sulfide) groups is 1.